The molecule has 1 aliphatic heterocycles. The summed E-state index contributed by atoms with van der Waals surface area (Å²) in [4.78, 5) is 26.0. The van der Waals surface area contributed by atoms with Gasteiger partial charge in [-0.25, -0.2) is 0 Å². The molecule has 1 heterocycles. The Morgan fingerprint density at radius 3 is 2.48 bits per heavy atom. The topological polar surface area (TPSA) is 89.4 Å². The molecule has 5 heteroatoms. The predicted octanol–water partition coefficient (Wildman–Crippen LogP) is 0.329. The number of nitrogens with two attached hydrogens (primary N) is 2. The summed E-state index contributed by atoms with van der Waals surface area (Å²) in [6, 6.07) is 7.20. The highest BCUT2D eigenvalue weighted by Gasteiger charge is 2.36. The van der Waals surface area contributed by atoms with Crippen LogP contribution in [0, 0.1) is 5.92 Å². The molecular weight excluding hydrogens is 266 g/mol. The average molecular weight is 285 g/mol. The Hall–Kier alpha value is -2.14. The first-order valence-corrected chi connectivity index (χ1v) is 7.16. The highest BCUT2D eigenvalue weighted by atomic mass is 16.2. The molecule has 0 saturated carbocycles. The number of rotatable bonds is 2. The first kappa shape index (κ1) is 13.8. The molecule has 3 rings (SSSR count). The number of hydrogen-bond acceptors (Lipinski definition) is 3. The second-order valence-electron chi connectivity index (χ2n) is 5.75. The van der Waals surface area contributed by atoms with Gasteiger partial charge < -0.3 is 16.4 Å². The van der Waals surface area contributed by atoms with E-state index in [1.54, 1.807) is 4.90 Å². The predicted molar refractivity (Wildman–Crippen MR) is 78.9 cm³/mol. The van der Waals surface area contributed by atoms with Crippen molar-refractivity contribution >= 4 is 11.8 Å². The van der Waals surface area contributed by atoms with E-state index >= 15 is 0 Å². The average Bonchev–Trinajstić information content (AvgIpc) is 2.91. The summed E-state index contributed by atoms with van der Waals surface area (Å²) in [7, 11) is 0. The maximum absolute atomic E-state index is 12.7. The Bertz CT molecular complexity index is 611. The van der Waals surface area contributed by atoms with Gasteiger partial charge >= 0.3 is 0 Å². The number of primary amides is 1. The third kappa shape index (κ3) is 2.56. The summed E-state index contributed by atoms with van der Waals surface area (Å²) in [5.41, 5.74) is 13.5. The highest BCUT2D eigenvalue weighted by Crippen LogP contribution is 2.27. The molecule has 21 heavy (non-hydrogen) atoms. The first-order valence-electron chi connectivity index (χ1n) is 7.16. The Kier molecular flexibility index (Phi) is 3.51. The van der Waals surface area contributed by atoms with Crippen LogP contribution in [-0.2, 0) is 22.6 Å². The zero-order valence-corrected chi connectivity index (χ0v) is 11.7. The third-order valence-corrected chi connectivity index (χ3v) is 4.29. The van der Waals surface area contributed by atoms with Crippen molar-refractivity contribution in [3.8, 4) is 0 Å². The van der Waals surface area contributed by atoms with Crippen LogP contribution in [0.1, 0.15) is 17.5 Å². The van der Waals surface area contributed by atoms with Crippen molar-refractivity contribution in [2.75, 3.05) is 0 Å². The van der Waals surface area contributed by atoms with Gasteiger partial charge in [-0.3, -0.25) is 9.59 Å². The van der Waals surface area contributed by atoms with Crippen LogP contribution in [0.2, 0.25) is 0 Å². The molecule has 1 aromatic carbocycles. The number of hydrogen-bond donors (Lipinski definition) is 2. The molecule has 1 aliphatic carbocycles. The van der Waals surface area contributed by atoms with Crippen molar-refractivity contribution < 1.29 is 9.59 Å². The minimum Gasteiger partial charge on any atom is -0.368 e. The summed E-state index contributed by atoms with van der Waals surface area (Å²) >= 11 is 0. The molecule has 5 nitrogen and oxygen atoms in total. The Morgan fingerprint density at radius 2 is 1.86 bits per heavy atom. The van der Waals surface area contributed by atoms with Crippen LogP contribution < -0.4 is 11.5 Å². The molecular formula is C16H19N3O2. The van der Waals surface area contributed by atoms with Crippen molar-refractivity contribution in [2.45, 2.75) is 31.5 Å². The van der Waals surface area contributed by atoms with Crippen LogP contribution in [-0.4, -0.2) is 28.8 Å². The van der Waals surface area contributed by atoms with Crippen LogP contribution in [0.5, 0.6) is 0 Å². The Balaban J connectivity index is 1.87. The van der Waals surface area contributed by atoms with Gasteiger partial charge in [0.05, 0.1) is 5.92 Å². The van der Waals surface area contributed by atoms with Crippen molar-refractivity contribution in [1.82, 2.24) is 4.90 Å². The number of carbonyl (C=O) groups is 2. The van der Waals surface area contributed by atoms with E-state index in [9.17, 15) is 9.59 Å². The number of carbonyl (C=O) groups excluding carboxylic acids is 2. The molecule has 0 saturated heterocycles. The first-order chi connectivity index (χ1) is 10.1. The minimum atomic E-state index is -0.572. The fraction of sp³-hybridized carbons (Fsp3) is 0.375. The van der Waals surface area contributed by atoms with E-state index in [-0.39, 0.29) is 17.9 Å². The van der Waals surface area contributed by atoms with Gasteiger partial charge in [0, 0.05) is 19.0 Å². The van der Waals surface area contributed by atoms with Gasteiger partial charge in [-0.2, -0.15) is 0 Å². The van der Waals surface area contributed by atoms with Gasteiger partial charge in [0.1, 0.15) is 6.04 Å². The lowest BCUT2D eigenvalue weighted by molar-refractivity contribution is -0.142. The molecule has 2 amide bonds. The maximum atomic E-state index is 12.7. The SMILES string of the molecule is NC(=O)[C@@H]1Cc2ccccc2CN1C(=O)C1C=CC(N)C1. The van der Waals surface area contributed by atoms with Gasteiger partial charge in [-0.1, -0.05) is 36.4 Å². The quantitative estimate of drug-likeness (QED) is 0.767. The van der Waals surface area contributed by atoms with Gasteiger partial charge in [-0.05, 0) is 17.5 Å². The number of nitrogens with zero attached hydrogens (tertiary/aromatic N) is 1. The molecule has 0 fully saturated rings. The second-order valence-corrected chi connectivity index (χ2v) is 5.75. The Morgan fingerprint density at radius 1 is 1.14 bits per heavy atom. The minimum absolute atomic E-state index is 0.0579. The monoisotopic (exact) mass is 285 g/mol. The highest BCUT2D eigenvalue weighted by molar-refractivity contribution is 5.89. The molecule has 4 N–H and O–H groups in total. The van der Waals surface area contributed by atoms with E-state index in [1.807, 2.05) is 36.4 Å². The van der Waals surface area contributed by atoms with Crippen molar-refractivity contribution in [1.29, 1.82) is 0 Å². The van der Waals surface area contributed by atoms with E-state index in [1.165, 1.54) is 0 Å². The standard InChI is InChI=1S/C16H19N3O2/c17-13-6-5-11(7-13)16(21)19-9-12-4-2-1-3-10(12)8-14(19)15(18)20/h1-6,11,13-14H,7-9,17H2,(H2,18,20)/t11?,13?,14-/m0/s1. The van der Waals surface area contributed by atoms with E-state index in [4.69, 9.17) is 11.5 Å². The largest absolute Gasteiger partial charge is 0.368 e. The molecule has 110 valence electrons. The van der Waals surface area contributed by atoms with Gasteiger partial charge in [0.25, 0.3) is 0 Å². The maximum Gasteiger partial charge on any atom is 0.240 e. The summed E-state index contributed by atoms with van der Waals surface area (Å²) in [6.07, 6.45) is 4.77. The zero-order chi connectivity index (χ0) is 15.0. The molecule has 0 spiro atoms. The third-order valence-electron chi connectivity index (χ3n) is 4.29. The molecule has 3 atom stereocenters. The van der Waals surface area contributed by atoms with Crippen LogP contribution >= 0.6 is 0 Å². The molecule has 2 unspecified atom stereocenters. The van der Waals surface area contributed by atoms with Crippen molar-refractivity contribution in [2.24, 2.45) is 17.4 Å². The van der Waals surface area contributed by atoms with Gasteiger partial charge in [0.2, 0.25) is 11.8 Å². The van der Waals surface area contributed by atoms with Crippen LogP contribution in [0.15, 0.2) is 36.4 Å². The molecule has 0 bridgehead atoms. The van der Waals surface area contributed by atoms with Gasteiger partial charge in [-0.15, -0.1) is 0 Å². The van der Waals surface area contributed by atoms with E-state index in [2.05, 4.69) is 0 Å². The normalized spacial score (nSPS) is 27.5. The van der Waals surface area contributed by atoms with Gasteiger partial charge in [0.15, 0.2) is 0 Å². The number of fused-ring (bicyclic) bond motifs is 1. The summed E-state index contributed by atoms with van der Waals surface area (Å²) in [5, 5.41) is 0. The molecule has 0 aromatic heterocycles. The lowest BCUT2D eigenvalue weighted by atomic mass is 9.92. The van der Waals surface area contributed by atoms with Crippen molar-refractivity contribution in [3.63, 3.8) is 0 Å². The summed E-state index contributed by atoms with van der Waals surface area (Å²) < 4.78 is 0. The lowest BCUT2D eigenvalue weighted by Gasteiger charge is -2.36. The van der Waals surface area contributed by atoms with Crippen LogP contribution in [0.25, 0.3) is 0 Å². The Labute approximate surface area is 123 Å². The number of amides is 2. The van der Waals surface area contributed by atoms with Crippen molar-refractivity contribution in [3.05, 3.63) is 47.5 Å². The van der Waals surface area contributed by atoms with E-state index in [0.29, 0.717) is 19.4 Å². The summed E-state index contributed by atoms with van der Waals surface area (Å²) in [5.74, 6) is -0.756. The lowest BCUT2D eigenvalue weighted by Crippen LogP contribution is -2.52. The summed E-state index contributed by atoms with van der Waals surface area (Å²) in [6.45, 7) is 0.433. The second kappa shape index (κ2) is 5.33. The molecule has 1 aromatic rings. The van der Waals surface area contributed by atoms with E-state index in [0.717, 1.165) is 11.1 Å². The zero-order valence-electron chi connectivity index (χ0n) is 11.7. The fourth-order valence-electron chi connectivity index (χ4n) is 3.13. The van der Waals surface area contributed by atoms with E-state index < -0.39 is 11.9 Å². The van der Waals surface area contributed by atoms with Crippen LogP contribution in [0.4, 0.5) is 0 Å². The smallest absolute Gasteiger partial charge is 0.240 e. The molecule has 2 aliphatic rings. The number of benzene rings is 1. The molecule has 0 radical (unpaired) electrons. The van der Waals surface area contributed by atoms with Crippen LogP contribution in [0.3, 0.4) is 0 Å². The fourth-order valence-corrected chi connectivity index (χ4v) is 3.13.